The topological polar surface area (TPSA) is 135 Å². The van der Waals surface area contributed by atoms with Crippen LogP contribution in [0.25, 0.3) is 0 Å². The third-order valence-corrected chi connectivity index (χ3v) is 6.47. The maximum absolute atomic E-state index is 11.7. The summed E-state index contributed by atoms with van der Waals surface area (Å²) in [4.78, 5) is 11.8. The van der Waals surface area contributed by atoms with E-state index in [1.54, 1.807) is 12.1 Å². The highest BCUT2D eigenvalue weighted by molar-refractivity contribution is 7.91. The van der Waals surface area contributed by atoms with Crippen molar-refractivity contribution < 1.29 is 21.6 Å². The SMILES string of the molecule is NS(=O)(=O)c1ccc(CCNC(=O)CNC2CCS(=O)(=O)C2)cc1. The highest BCUT2D eigenvalue weighted by Gasteiger charge is 2.27. The third-order valence-electron chi connectivity index (χ3n) is 3.77. The standard InChI is InChI=1S/C14H21N3O5S2/c15-24(21,22)13-3-1-11(2-4-13)5-7-16-14(18)9-17-12-6-8-23(19,20)10-12/h1-4,12,17H,5-10H2,(H,16,18)(H2,15,21,22). The second-order valence-electron chi connectivity index (χ2n) is 5.77. The van der Waals surface area contributed by atoms with Crippen LogP contribution in [-0.4, -0.2) is 53.4 Å². The molecular formula is C14H21N3O5S2. The summed E-state index contributed by atoms with van der Waals surface area (Å²) in [6, 6.07) is 5.98. The van der Waals surface area contributed by atoms with Gasteiger partial charge in [-0.3, -0.25) is 4.79 Å². The molecule has 4 N–H and O–H groups in total. The summed E-state index contributed by atoms with van der Waals surface area (Å²) in [6.07, 6.45) is 1.08. The van der Waals surface area contributed by atoms with Crippen molar-refractivity contribution in [1.82, 2.24) is 10.6 Å². The van der Waals surface area contributed by atoms with Gasteiger partial charge in [0.05, 0.1) is 22.9 Å². The van der Waals surface area contributed by atoms with Crippen LogP contribution >= 0.6 is 0 Å². The molecule has 1 heterocycles. The number of sulfonamides is 1. The van der Waals surface area contributed by atoms with Gasteiger partial charge in [-0.15, -0.1) is 0 Å². The van der Waals surface area contributed by atoms with Gasteiger partial charge in [-0.1, -0.05) is 12.1 Å². The molecule has 0 radical (unpaired) electrons. The Hall–Kier alpha value is -1.49. The van der Waals surface area contributed by atoms with Crippen molar-refractivity contribution in [2.75, 3.05) is 24.6 Å². The van der Waals surface area contributed by atoms with Crippen molar-refractivity contribution in [2.24, 2.45) is 5.14 Å². The lowest BCUT2D eigenvalue weighted by Gasteiger charge is -2.11. The number of hydrogen-bond acceptors (Lipinski definition) is 6. The van der Waals surface area contributed by atoms with E-state index in [2.05, 4.69) is 10.6 Å². The predicted octanol–water partition coefficient (Wildman–Crippen LogP) is -1.23. The molecule has 0 aliphatic carbocycles. The number of benzene rings is 1. The Bertz CT molecular complexity index is 788. The van der Waals surface area contributed by atoms with E-state index in [1.807, 2.05) is 0 Å². The lowest BCUT2D eigenvalue weighted by atomic mass is 10.1. The van der Waals surface area contributed by atoms with Crippen LogP contribution in [0.15, 0.2) is 29.2 Å². The maximum atomic E-state index is 11.7. The van der Waals surface area contributed by atoms with E-state index in [-0.39, 0.29) is 34.9 Å². The molecular weight excluding hydrogens is 354 g/mol. The summed E-state index contributed by atoms with van der Waals surface area (Å²) in [5.41, 5.74) is 0.873. The van der Waals surface area contributed by atoms with Gasteiger partial charge in [0.2, 0.25) is 15.9 Å². The first-order valence-electron chi connectivity index (χ1n) is 7.48. The van der Waals surface area contributed by atoms with E-state index >= 15 is 0 Å². The van der Waals surface area contributed by atoms with Gasteiger partial charge in [0.15, 0.2) is 9.84 Å². The zero-order chi connectivity index (χ0) is 17.8. The number of sulfone groups is 1. The Morgan fingerprint density at radius 2 is 1.92 bits per heavy atom. The monoisotopic (exact) mass is 375 g/mol. The summed E-state index contributed by atoms with van der Waals surface area (Å²) < 4.78 is 44.9. The molecule has 0 spiro atoms. The molecule has 1 unspecified atom stereocenters. The lowest BCUT2D eigenvalue weighted by molar-refractivity contribution is -0.120. The average Bonchev–Trinajstić information content (AvgIpc) is 2.84. The van der Waals surface area contributed by atoms with Crippen molar-refractivity contribution in [2.45, 2.75) is 23.8 Å². The molecule has 1 aromatic carbocycles. The van der Waals surface area contributed by atoms with E-state index in [0.29, 0.717) is 19.4 Å². The van der Waals surface area contributed by atoms with Gasteiger partial charge in [-0.2, -0.15) is 0 Å². The predicted molar refractivity (Wildman–Crippen MR) is 89.6 cm³/mol. The van der Waals surface area contributed by atoms with E-state index in [0.717, 1.165) is 5.56 Å². The molecule has 8 nitrogen and oxygen atoms in total. The summed E-state index contributed by atoms with van der Waals surface area (Å²) in [5.74, 6) is 0.0396. The minimum Gasteiger partial charge on any atom is -0.355 e. The molecule has 1 aliphatic heterocycles. The van der Waals surface area contributed by atoms with Crippen LogP contribution in [-0.2, 0) is 31.1 Å². The van der Waals surface area contributed by atoms with Crippen LogP contribution in [0.5, 0.6) is 0 Å². The molecule has 2 rings (SSSR count). The fourth-order valence-electron chi connectivity index (χ4n) is 2.45. The molecule has 134 valence electrons. The number of amides is 1. The van der Waals surface area contributed by atoms with Crippen molar-refractivity contribution in [3.05, 3.63) is 29.8 Å². The molecule has 0 bridgehead atoms. The van der Waals surface area contributed by atoms with E-state index < -0.39 is 19.9 Å². The molecule has 1 saturated heterocycles. The van der Waals surface area contributed by atoms with Gasteiger partial charge < -0.3 is 10.6 Å². The molecule has 1 amide bonds. The second kappa shape index (κ2) is 7.60. The first-order chi connectivity index (χ1) is 11.2. The summed E-state index contributed by atoms with van der Waals surface area (Å²) in [5, 5.41) is 10.7. The van der Waals surface area contributed by atoms with Gasteiger partial charge in [0.25, 0.3) is 0 Å². The quantitative estimate of drug-likeness (QED) is 0.546. The molecule has 1 fully saturated rings. The zero-order valence-corrected chi connectivity index (χ0v) is 14.7. The number of carbonyl (C=O) groups is 1. The summed E-state index contributed by atoms with van der Waals surface area (Å²) in [6.45, 7) is 0.475. The molecule has 1 aromatic rings. The highest BCUT2D eigenvalue weighted by Crippen LogP contribution is 2.11. The summed E-state index contributed by atoms with van der Waals surface area (Å²) >= 11 is 0. The number of primary sulfonamides is 1. The molecule has 10 heteroatoms. The van der Waals surface area contributed by atoms with Crippen molar-refractivity contribution in [1.29, 1.82) is 0 Å². The number of nitrogens with two attached hydrogens (primary N) is 1. The lowest BCUT2D eigenvalue weighted by Crippen LogP contribution is -2.40. The van der Waals surface area contributed by atoms with Crippen LogP contribution in [0.1, 0.15) is 12.0 Å². The Balaban J connectivity index is 1.69. The molecule has 1 aliphatic rings. The summed E-state index contributed by atoms with van der Waals surface area (Å²) in [7, 11) is -6.65. The van der Waals surface area contributed by atoms with Crippen molar-refractivity contribution in [3.8, 4) is 0 Å². The Kier molecular flexibility index (Phi) is 5.97. The van der Waals surface area contributed by atoms with Gasteiger partial charge in [-0.05, 0) is 30.5 Å². The van der Waals surface area contributed by atoms with Crippen molar-refractivity contribution >= 4 is 25.8 Å². The largest absolute Gasteiger partial charge is 0.355 e. The minimum absolute atomic E-state index is 0.0472. The van der Waals surface area contributed by atoms with Gasteiger partial charge >= 0.3 is 0 Å². The average molecular weight is 375 g/mol. The minimum atomic E-state index is -3.70. The van der Waals surface area contributed by atoms with E-state index in [4.69, 9.17) is 5.14 Å². The van der Waals surface area contributed by atoms with Crippen LogP contribution in [0.2, 0.25) is 0 Å². The maximum Gasteiger partial charge on any atom is 0.238 e. The number of hydrogen-bond donors (Lipinski definition) is 3. The molecule has 0 saturated carbocycles. The highest BCUT2D eigenvalue weighted by atomic mass is 32.2. The Labute approximate surface area is 141 Å². The normalized spacial score (nSPS) is 20.0. The van der Waals surface area contributed by atoms with Crippen LogP contribution in [0.3, 0.4) is 0 Å². The number of rotatable bonds is 7. The van der Waals surface area contributed by atoms with Crippen LogP contribution in [0, 0.1) is 0 Å². The smallest absolute Gasteiger partial charge is 0.238 e. The van der Waals surface area contributed by atoms with Crippen molar-refractivity contribution in [3.63, 3.8) is 0 Å². The molecule has 1 atom stereocenters. The number of nitrogens with one attached hydrogen (secondary N) is 2. The molecule has 24 heavy (non-hydrogen) atoms. The van der Waals surface area contributed by atoms with Gasteiger partial charge in [-0.25, -0.2) is 22.0 Å². The van der Waals surface area contributed by atoms with Crippen LogP contribution < -0.4 is 15.8 Å². The third kappa shape index (κ3) is 5.86. The Morgan fingerprint density at radius 1 is 1.25 bits per heavy atom. The van der Waals surface area contributed by atoms with Gasteiger partial charge in [0, 0.05) is 12.6 Å². The zero-order valence-electron chi connectivity index (χ0n) is 13.1. The Morgan fingerprint density at radius 3 is 2.46 bits per heavy atom. The van der Waals surface area contributed by atoms with Gasteiger partial charge in [0.1, 0.15) is 0 Å². The second-order valence-corrected chi connectivity index (χ2v) is 9.56. The van der Waals surface area contributed by atoms with E-state index in [9.17, 15) is 21.6 Å². The van der Waals surface area contributed by atoms with Crippen LogP contribution in [0.4, 0.5) is 0 Å². The van der Waals surface area contributed by atoms with E-state index in [1.165, 1.54) is 12.1 Å². The molecule has 0 aromatic heterocycles. The number of carbonyl (C=O) groups excluding carboxylic acids is 1. The first kappa shape index (κ1) is 18.8. The fourth-order valence-corrected chi connectivity index (χ4v) is 4.67. The fraction of sp³-hybridized carbons (Fsp3) is 0.500. The first-order valence-corrected chi connectivity index (χ1v) is 10.8.